The molecular weight excluding hydrogens is 414 g/mol. The first kappa shape index (κ1) is 22.0. The molecule has 0 aliphatic heterocycles. The largest absolute Gasteiger partial charge is 0.491 e. The Morgan fingerprint density at radius 1 is 1.32 bits per heavy atom. The maximum absolute atomic E-state index is 12.7. The van der Waals surface area contributed by atoms with Gasteiger partial charge in [-0.3, -0.25) is 9.69 Å². The minimum Gasteiger partial charge on any atom is -0.491 e. The molecule has 1 aromatic carbocycles. The highest BCUT2D eigenvalue weighted by molar-refractivity contribution is 7.18. The van der Waals surface area contributed by atoms with Gasteiger partial charge in [-0.25, -0.2) is 4.98 Å². The quantitative estimate of drug-likeness (QED) is 0.501. The number of hydrogen-bond acceptors (Lipinski definition) is 7. The first-order valence-electron chi connectivity index (χ1n) is 10.7. The van der Waals surface area contributed by atoms with E-state index in [0.29, 0.717) is 32.1 Å². The summed E-state index contributed by atoms with van der Waals surface area (Å²) >= 11 is 1.64. The van der Waals surface area contributed by atoms with Crippen molar-refractivity contribution in [3.05, 3.63) is 56.4 Å². The van der Waals surface area contributed by atoms with Gasteiger partial charge in [-0.15, -0.1) is 11.3 Å². The second-order valence-corrected chi connectivity index (χ2v) is 9.09. The highest BCUT2D eigenvalue weighted by Gasteiger charge is 2.22. The zero-order valence-electron chi connectivity index (χ0n) is 18.0. The van der Waals surface area contributed by atoms with Crippen LogP contribution in [-0.4, -0.2) is 59.5 Å². The van der Waals surface area contributed by atoms with E-state index in [1.807, 2.05) is 36.1 Å². The molecule has 0 amide bonds. The number of nitrogens with one attached hydrogen (secondary N) is 1. The summed E-state index contributed by atoms with van der Waals surface area (Å²) in [5.74, 6) is 1.38. The van der Waals surface area contributed by atoms with Crippen LogP contribution in [-0.2, 0) is 24.1 Å². The predicted octanol–water partition coefficient (Wildman–Crippen LogP) is 2.67. The van der Waals surface area contributed by atoms with Gasteiger partial charge in [0.1, 0.15) is 29.1 Å². The van der Waals surface area contributed by atoms with E-state index in [1.165, 1.54) is 10.4 Å². The van der Waals surface area contributed by atoms with E-state index in [9.17, 15) is 9.90 Å². The number of H-pyrrole nitrogens is 1. The van der Waals surface area contributed by atoms with Crippen LogP contribution in [0.2, 0.25) is 0 Å². The van der Waals surface area contributed by atoms with Crippen LogP contribution < -0.4 is 10.3 Å². The van der Waals surface area contributed by atoms with E-state index in [-0.39, 0.29) is 12.2 Å². The molecule has 2 aromatic heterocycles. The van der Waals surface area contributed by atoms with Crippen molar-refractivity contribution >= 4 is 21.6 Å². The Kier molecular flexibility index (Phi) is 7.02. The van der Waals surface area contributed by atoms with E-state index in [4.69, 9.17) is 14.5 Å². The fourth-order valence-corrected chi connectivity index (χ4v) is 5.32. The predicted molar refractivity (Wildman–Crippen MR) is 122 cm³/mol. The van der Waals surface area contributed by atoms with Crippen molar-refractivity contribution in [2.24, 2.45) is 0 Å². The van der Waals surface area contributed by atoms with E-state index in [2.05, 4.69) is 4.98 Å². The molecule has 1 aliphatic rings. The molecule has 1 atom stereocenters. The smallest absolute Gasteiger partial charge is 0.259 e. The van der Waals surface area contributed by atoms with Crippen LogP contribution in [0.25, 0.3) is 10.2 Å². The lowest BCUT2D eigenvalue weighted by Crippen LogP contribution is -2.38. The molecule has 7 nitrogen and oxygen atoms in total. The Labute approximate surface area is 185 Å². The van der Waals surface area contributed by atoms with Crippen LogP contribution in [0.4, 0.5) is 0 Å². The molecule has 2 heterocycles. The summed E-state index contributed by atoms with van der Waals surface area (Å²) in [6.45, 7) is 4.11. The molecule has 0 radical (unpaired) electrons. The zero-order chi connectivity index (χ0) is 21.8. The Hall–Kier alpha value is -2.26. The molecule has 0 saturated heterocycles. The maximum atomic E-state index is 12.7. The van der Waals surface area contributed by atoms with Crippen LogP contribution in [0, 0.1) is 6.92 Å². The summed E-state index contributed by atoms with van der Waals surface area (Å²) in [5, 5.41) is 11.3. The molecule has 2 N–H and O–H groups in total. The second kappa shape index (κ2) is 9.91. The first-order valence-corrected chi connectivity index (χ1v) is 11.5. The van der Waals surface area contributed by atoms with E-state index < -0.39 is 6.10 Å². The molecule has 1 aliphatic carbocycles. The number of rotatable bonds is 10. The van der Waals surface area contributed by atoms with Crippen molar-refractivity contribution in [1.29, 1.82) is 0 Å². The SMILES string of the molecule is COCCN(Cc1nc2sc3c(c2c(=O)[nH]1)CCC3)C[C@@H](O)COc1ccccc1C. The number of aliphatic hydroxyl groups excluding tert-OH is 1. The van der Waals surface area contributed by atoms with Gasteiger partial charge in [0.15, 0.2) is 0 Å². The van der Waals surface area contributed by atoms with Crippen LogP contribution >= 0.6 is 11.3 Å². The first-order chi connectivity index (χ1) is 15.0. The third kappa shape index (κ3) is 5.15. The average Bonchev–Trinajstić information content (AvgIpc) is 3.32. The lowest BCUT2D eigenvalue weighted by Gasteiger charge is -2.24. The Morgan fingerprint density at radius 2 is 2.16 bits per heavy atom. The van der Waals surface area contributed by atoms with E-state index in [0.717, 1.165) is 40.8 Å². The van der Waals surface area contributed by atoms with Crippen LogP contribution in [0.1, 0.15) is 28.2 Å². The number of benzene rings is 1. The molecule has 3 aromatic rings. The van der Waals surface area contributed by atoms with Crippen molar-refractivity contribution in [3.8, 4) is 5.75 Å². The topological polar surface area (TPSA) is 87.7 Å². The van der Waals surface area contributed by atoms with E-state index >= 15 is 0 Å². The Balaban J connectivity index is 1.44. The second-order valence-electron chi connectivity index (χ2n) is 8.01. The van der Waals surface area contributed by atoms with Crippen LogP contribution in [0.5, 0.6) is 5.75 Å². The van der Waals surface area contributed by atoms with Gasteiger partial charge in [0, 0.05) is 25.1 Å². The Morgan fingerprint density at radius 3 is 2.97 bits per heavy atom. The molecule has 4 rings (SSSR count). The van der Waals surface area contributed by atoms with Gasteiger partial charge in [-0.2, -0.15) is 0 Å². The zero-order valence-corrected chi connectivity index (χ0v) is 18.8. The number of hydrogen-bond donors (Lipinski definition) is 2. The number of nitrogens with zero attached hydrogens (tertiary/aromatic N) is 2. The number of aromatic amines is 1. The molecule has 0 bridgehead atoms. The molecule has 0 saturated carbocycles. The minimum atomic E-state index is -0.683. The average molecular weight is 444 g/mol. The number of para-hydroxylation sites is 1. The van der Waals surface area contributed by atoms with Crippen molar-refractivity contribution in [3.63, 3.8) is 0 Å². The van der Waals surface area contributed by atoms with Gasteiger partial charge >= 0.3 is 0 Å². The third-order valence-corrected chi connectivity index (χ3v) is 6.79. The number of fused-ring (bicyclic) bond motifs is 3. The van der Waals surface area contributed by atoms with Gasteiger partial charge in [-0.05, 0) is 43.4 Å². The maximum Gasteiger partial charge on any atom is 0.259 e. The minimum absolute atomic E-state index is 0.0606. The fraction of sp³-hybridized carbons (Fsp3) is 0.478. The molecular formula is C23H29N3O4S. The van der Waals surface area contributed by atoms with Crippen LogP contribution in [0.15, 0.2) is 29.1 Å². The highest BCUT2D eigenvalue weighted by atomic mass is 32.1. The lowest BCUT2D eigenvalue weighted by atomic mass is 10.2. The van der Waals surface area contributed by atoms with Gasteiger partial charge < -0.3 is 19.6 Å². The number of aliphatic hydroxyl groups is 1. The summed E-state index contributed by atoms with van der Waals surface area (Å²) in [7, 11) is 1.65. The van der Waals surface area contributed by atoms with Gasteiger partial charge in [0.2, 0.25) is 0 Å². The summed E-state index contributed by atoms with van der Waals surface area (Å²) in [6, 6.07) is 7.74. The summed E-state index contributed by atoms with van der Waals surface area (Å²) in [6.07, 6.45) is 2.44. The molecule has 0 spiro atoms. The number of ether oxygens (including phenoxy) is 2. The van der Waals surface area contributed by atoms with Crippen molar-refractivity contribution < 1.29 is 14.6 Å². The molecule has 166 valence electrons. The van der Waals surface area contributed by atoms with Crippen molar-refractivity contribution in [2.75, 3.05) is 33.4 Å². The number of thiophene rings is 1. The summed E-state index contributed by atoms with van der Waals surface area (Å²) in [4.78, 5) is 24.6. The third-order valence-electron chi connectivity index (χ3n) is 5.60. The number of aryl methyl sites for hydroxylation is 3. The summed E-state index contributed by atoms with van der Waals surface area (Å²) < 4.78 is 11.0. The normalized spacial score (nSPS) is 14.3. The van der Waals surface area contributed by atoms with Crippen molar-refractivity contribution in [1.82, 2.24) is 14.9 Å². The standard InChI is InChI=1S/C23H29N3O4S/c1-15-6-3-4-8-18(15)30-14-16(27)12-26(10-11-29-2)13-20-24-22(28)21-17-7-5-9-19(17)31-23(21)25-20/h3-4,6,8,16,27H,5,7,9-14H2,1-2H3,(H,24,25,28)/t16-/m1/s1. The monoisotopic (exact) mass is 443 g/mol. The van der Waals surface area contributed by atoms with Gasteiger partial charge in [-0.1, -0.05) is 18.2 Å². The molecule has 8 heteroatoms. The molecule has 31 heavy (non-hydrogen) atoms. The van der Waals surface area contributed by atoms with Gasteiger partial charge in [0.05, 0.1) is 18.5 Å². The van der Waals surface area contributed by atoms with Crippen LogP contribution in [0.3, 0.4) is 0 Å². The van der Waals surface area contributed by atoms with E-state index in [1.54, 1.807) is 18.4 Å². The van der Waals surface area contributed by atoms with Crippen molar-refractivity contribution in [2.45, 2.75) is 38.8 Å². The highest BCUT2D eigenvalue weighted by Crippen LogP contribution is 2.34. The molecule has 0 fully saturated rings. The summed E-state index contributed by atoms with van der Waals surface area (Å²) in [5.41, 5.74) is 2.15. The fourth-order valence-electron chi connectivity index (χ4n) is 4.04. The van der Waals surface area contributed by atoms with Gasteiger partial charge in [0.25, 0.3) is 5.56 Å². The lowest BCUT2D eigenvalue weighted by molar-refractivity contribution is 0.0531. The number of aromatic nitrogens is 2. The Bertz CT molecular complexity index is 1090. The molecule has 0 unspecified atom stereocenters. The number of methoxy groups -OCH3 is 1.